The molecule has 1 fully saturated rings. The quantitative estimate of drug-likeness (QED) is 0.647. The molecule has 1 amide bonds. The molecule has 4 rings (SSSR count). The van der Waals surface area contributed by atoms with Crippen LogP contribution in [0.25, 0.3) is 5.69 Å². The highest BCUT2D eigenvalue weighted by Crippen LogP contribution is 2.24. The van der Waals surface area contributed by atoms with Crippen molar-refractivity contribution >= 4 is 28.7 Å². The van der Waals surface area contributed by atoms with Crippen molar-refractivity contribution in [2.75, 3.05) is 11.9 Å². The third-order valence-electron chi connectivity index (χ3n) is 4.96. The number of anilines is 1. The van der Waals surface area contributed by atoms with E-state index in [0.717, 1.165) is 41.2 Å². The van der Waals surface area contributed by atoms with E-state index in [1.807, 2.05) is 48.0 Å². The molecule has 1 N–H and O–H groups in total. The van der Waals surface area contributed by atoms with Gasteiger partial charge in [0, 0.05) is 24.6 Å². The van der Waals surface area contributed by atoms with Crippen LogP contribution in [0.1, 0.15) is 35.0 Å². The smallest absolute Gasteiger partial charge is 0.241 e. The number of ketones is 1. The number of rotatable bonds is 6. The van der Waals surface area contributed by atoms with Gasteiger partial charge in [0.15, 0.2) is 5.78 Å². The number of amides is 1. The highest BCUT2D eigenvalue weighted by molar-refractivity contribution is 7.12. The number of hydrogen-bond donors (Lipinski definition) is 1. The first-order chi connectivity index (χ1) is 13.6. The molecular formula is C21H22N4O2S. The van der Waals surface area contributed by atoms with Gasteiger partial charge in [0.25, 0.3) is 0 Å². The molecule has 1 unspecified atom stereocenters. The Morgan fingerprint density at radius 3 is 2.79 bits per heavy atom. The number of likely N-dealkylation sites (tertiary alicyclic amines) is 1. The Kier molecular flexibility index (Phi) is 5.36. The monoisotopic (exact) mass is 394 g/mol. The number of carbonyl (C=O) groups excluding carboxylic acids is 2. The van der Waals surface area contributed by atoms with Crippen molar-refractivity contribution in [2.24, 2.45) is 0 Å². The molecule has 28 heavy (non-hydrogen) atoms. The number of nitrogens with zero attached hydrogens (tertiary/aromatic N) is 3. The van der Waals surface area contributed by atoms with Gasteiger partial charge in [-0.1, -0.05) is 0 Å². The average Bonchev–Trinajstić information content (AvgIpc) is 3.44. The standard InChI is InChI=1S/C21H22N4O2S/c1-15(26)20-12-16(14-28-20)13-24-10-2-4-19(24)21(27)23-17-5-7-18(8-6-17)25-11-3-9-22-25/h3,5-9,11-12,14,19H,2,4,10,13H2,1H3,(H,23,27). The van der Waals surface area contributed by atoms with Gasteiger partial charge in [0.1, 0.15) is 0 Å². The second kappa shape index (κ2) is 8.08. The van der Waals surface area contributed by atoms with Crippen LogP contribution in [0.3, 0.4) is 0 Å². The van der Waals surface area contributed by atoms with E-state index in [-0.39, 0.29) is 17.7 Å². The first kappa shape index (κ1) is 18.6. The van der Waals surface area contributed by atoms with Crippen LogP contribution < -0.4 is 5.32 Å². The summed E-state index contributed by atoms with van der Waals surface area (Å²) in [4.78, 5) is 27.3. The topological polar surface area (TPSA) is 67.2 Å². The number of hydrogen-bond acceptors (Lipinski definition) is 5. The van der Waals surface area contributed by atoms with Crippen molar-refractivity contribution in [3.8, 4) is 5.69 Å². The summed E-state index contributed by atoms with van der Waals surface area (Å²) in [6.45, 7) is 3.17. The molecule has 1 aliphatic heterocycles. The highest BCUT2D eigenvalue weighted by Gasteiger charge is 2.30. The lowest BCUT2D eigenvalue weighted by Crippen LogP contribution is -2.39. The molecule has 1 aromatic carbocycles. The third kappa shape index (κ3) is 4.05. The minimum atomic E-state index is -0.147. The average molecular weight is 395 g/mol. The summed E-state index contributed by atoms with van der Waals surface area (Å²) < 4.78 is 1.78. The molecule has 1 atom stereocenters. The lowest BCUT2D eigenvalue weighted by molar-refractivity contribution is -0.120. The van der Waals surface area contributed by atoms with Crippen LogP contribution in [0.5, 0.6) is 0 Å². The number of Topliss-reactive ketones (excluding diaryl/α,β-unsaturated/α-hetero) is 1. The van der Waals surface area contributed by atoms with Crippen molar-refractivity contribution in [3.63, 3.8) is 0 Å². The highest BCUT2D eigenvalue weighted by atomic mass is 32.1. The Hall–Kier alpha value is -2.77. The Morgan fingerprint density at radius 1 is 1.29 bits per heavy atom. The van der Waals surface area contributed by atoms with Crippen molar-refractivity contribution in [1.82, 2.24) is 14.7 Å². The predicted molar refractivity (Wildman–Crippen MR) is 110 cm³/mol. The predicted octanol–water partition coefficient (Wildman–Crippen LogP) is 3.74. The summed E-state index contributed by atoms with van der Waals surface area (Å²) in [6, 6.07) is 11.3. The fraction of sp³-hybridized carbons (Fsp3) is 0.286. The Labute approximate surface area is 167 Å². The maximum Gasteiger partial charge on any atom is 0.241 e. The summed E-state index contributed by atoms with van der Waals surface area (Å²) in [5, 5.41) is 9.25. The van der Waals surface area contributed by atoms with Gasteiger partial charge in [-0.15, -0.1) is 11.3 Å². The summed E-state index contributed by atoms with van der Waals surface area (Å²) in [5.74, 6) is 0.108. The van der Waals surface area contributed by atoms with Gasteiger partial charge in [0.2, 0.25) is 5.91 Å². The maximum absolute atomic E-state index is 12.8. The van der Waals surface area contributed by atoms with Crippen LogP contribution >= 0.6 is 11.3 Å². The van der Waals surface area contributed by atoms with Gasteiger partial charge in [-0.05, 0) is 73.7 Å². The molecule has 0 spiro atoms. The SMILES string of the molecule is CC(=O)c1cc(CN2CCCC2C(=O)Nc2ccc(-n3cccn3)cc2)cs1. The van der Waals surface area contributed by atoms with Gasteiger partial charge in [-0.25, -0.2) is 4.68 Å². The molecule has 0 aliphatic carbocycles. The lowest BCUT2D eigenvalue weighted by Gasteiger charge is -2.23. The number of nitrogens with one attached hydrogen (secondary N) is 1. The first-order valence-electron chi connectivity index (χ1n) is 9.33. The van der Waals surface area contributed by atoms with Gasteiger partial charge >= 0.3 is 0 Å². The van der Waals surface area contributed by atoms with Crippen LogP contribution in [0, 0.1) is 0 Å². The Morgan fingerprint density at radius 2 is 2.11 bits per heavy atom. The molecule has 3 heterocycles. The zero-order valence-electron chi connectivity index (χ0n) is 15.7. The van der Waals surface area contributed by atoms with Crippen LogP contribution in [-0.4, -0.2) is 39.0 Å². The molecule has 0 saturated carbocycles. The van der Waals surface area contributed by atoms with Gasteiger partial charge in [-0.2, -0.15) is 5.10 Å². The fourth-order valence-electron chi connectivity index (χ4n) is 3.53. The number of thiophene rings is 1. The molecule has 1 aliphatic rings. The largest absolute Gasteiger partial charge is 0.325 e. The lowest BCUT2D eigenvalue weighted by atomic mass is 10.2. The molecular weight excluding hydrogens is 372 g/mol. The van der Waals surface area contributed by atoms with E-state index < -0.39 is 0 Å². The Balaban J connectivity index is 1.39. The molecule has 1 saturated heterocycles. The minimum absolute atomic E-state index is 0.0198. The van der Waals surface area contributed by atoms with E-state index in [4.69, 9.17) is 0 Å². The van der Waals surface area contributed by atoms with Crippen molar-refractivity contribution in [1.29, 1.82) is 0 Å². The van der Waals surface area contributed by atoms with Crippen molar-refractivity contribution < 1.29 is 9.59 Å². The number of carbonyl (C=O) groups is 2. The van der Waals surface area contributed by atoms with Gasteiger partial charge in [-0.3, -0.25) is 14.5 Å². The van der Waals surface area contributed by atoms with Gasteiger partial charge in [0.05, 0.1) is 16.6 Å². The van der Waals surface area contributed by atoms with Gasteiger partial charge < -0.3 is 5.32 Å². The molecule has 0 radical (unpaired) electrons. The van der Waals surface area contributed by atoms with E-state index in [2.05, 4.69) is 15.3 Å². The third-order valence-corrected chi connectivity index (χ3v) is 6.04. The van der Waals surface area contributed by atoms with E-state index in [1.54, 1.807) is 17.8 Å². The second-order valence-electron chi connectivity index (χ2n) is 6.99. The van der Waals surface area contributed by atoms with E-state index >= 15 is 0 Å². The minimum Gasteiger partial charge on any atom is -0.325 e. The van der Waals surface area contributed by atoms with Crippen LogP contribution in [0.2, 0.25) is 0 Å². The number of aromatic nitrogens is 2. The zero-order valence-corrected chi connectivity index (χ0v) is 16.5. The molecule has 2 aromatic heterocycles. The van der Waals surface area contributed by atoms with E-state index in [9.17, 15) is 9.59 Å². The van der Waals surface area contributed by atoms with Crippen LogP contribution in [0.15, 0.2) is 54.2 Å². The fourth-order valence-corrected chi connectivity index (χ4v) is 4.34. The summed E-state index contributed by atoms with van der Waals surface area (Å²) in [5.41, 5.74) is 2.82. The molecule has 7 heteroatoms. The van der Waals surface area contributed by atoms with Crippen LogP contribution in [-0.2, 0) is 11.3 Å². The first-order valence-corrected chi connectivity index (χ1v) is 10.2. The van der Waals surface area contributed by atoms with E-state index in [0.29, 0.717) is 6.54 Å². The maximum atomic E-state index is 12.8. The molecule has 144 valence electrons. The summed E-state index contributed by atoms with van der Waals surface area (Å²) >= 11 is 1.47. The van der Waals surface area contributed by atoms with Crippen LogP contribution in [0.4, 0.5) is 5.69 Å². The van der Waals surface area contributed by atoms with Crippen molar-refractivity contribution in [2.45, 2.75) is 32.4 Å². The molecule has 6 nitrogen and oxygen atoms in total. The zero-order chi connectivity index (χ0) is 19.5. The summed E-state index contributed by atoms with van der Waals surface area (Å²) in [7, 11) is 0. The normalized spacial score (nSPS) is 17.0. The van der Waals surface area contributed by atoms with E-state index in [1.165, 1.54) is 11.3 Å². The molecule has 0 bridgehead atoms. The second-order valence-corrected chi connectivity index (χ2v) is 7.90. The molecule has 3 aromatic rings. The Bertz CT molecular complexity index is 963. The van der Waals surface area contributed by atoms with Crippen molar-refractivity contribution in [3.05, 3.63) is 64.6 Å². The number of benzene rings is 1. The summed E-state index contributed by atoms with van der Waals surface area (Å²) in [6.07, 6.45) is 5.46.